The van der Waals surface area contributed by atoms with Gasteiger partial charge in [0.05, 0.1) is 16.5 Å². The number of hydrogen-bond acceptors (Lipinski definition) is 6. The van der Waals surface area contributed by atoms with Gasteiger partial charge < -0.3 is 15.0 Å². The lowest BCUT2D eigenvalue weighted by atomic mass is 10.0. The lowest BCUT2D eigenvalue weighted by Gasteiger charge is -2.38. The fraction of sp³-hybridized carbons (Fsp3) is 0.458. The molecule has 176 valence electrons. The minimum Gasteiger partial charge on any atom is -0.465 e. The van der Waals surface area contributed by atoms with Crippen LogP contribution in [-0.2, 0) is 14.3 Å². The SMILES string of the molecule is CCOC(=O)C(c1ccc(Cl)cc1)N1CCN(C(=O)c2sc(NC(=O)C3CC3)cc2C)CC1. The first-order chi connectivity index (χ1) is 15.9. The first-order valence-corrected chi connectivity index (χ1v) is 12.4. The van der Waals surface area contributed by atoms with Gasteiger partial charge in [0, 0.05) is 37.1 Å². The van der Waals surface area contributed by atoms with Crippen molar-refractivity contribution in [3.05, 3.63) is 51.4 Å². The third kappa shape index (κ3) is 5.57. The molecule has 1 unspecified atom stereocenters. The molecule has 2 amide bonds. The average Bonchev–Trinajstić information content (AvgIpc) is 3.59. The molecule has 2 aromatic rings. The third-order valence-corrected chi connectivity index (χ3v) is 7.36. The number of ether oxygens (including phenoxy) is 1. The van der Waals surface area contributed by atoms with Crippen LogP contribution in [0.3, 0.4) is 0 Å². The number of esters is 1. The summed E-state index contributed by atoms with van der Waals surface area (Å²) in [4.78, 5) is 42.5. The Kier molecular flexibility index (Phi) is 7.36. The number of carbonyl (C=O) groups excluding carboxylic acids is 3. The Morgan fingerprint density at radius 2 is 1.82 bits per heavy atom. The van der Waals surface area contributed by atoms with Crippen LogP contribution in [0.1, 0.15) is 46.6 Å². The fourth-order valence-corrected chi connectivity index (χ4v) is 5.18. The van der Waals surface area contributed by atoms with Crippen molar-refractivity contribution < 1.29 is 19.1 Å². The Labute approximate surface area is 202 Å². The maximum atomic E-state index is 13.2. The molecule has 1 saturated heterocycles. The van der Waals surface area contributed by atoms with Crippen molar-refractivity contribution in [2.75, 3.05) is 38.1 Å². The molecule has 1 aromatic heterocycles. The zero-order chi connectivity index (χ0) is 23.5. The van der Waals surface area contributed by atoms with Crippen molar-refractivity contribution in [2.24, 2.45) is 5.92 Å². The summed E-state index contributed by atoms with van der Waals surface area (Å²) in [5, 5.41) is 4.26. The summed E-state index contributed by atoms with van der Waals surface area (Å²) in [6.07, 6.45) is 1.88. The number of rotatable bonds is 7. The highest BCUT2D eigenvalue weighted by Crippen LogP contribution is 2.33. The molecule has 1 aromatic carbocycles. The van der Waals surface area contributed by atoms with E-state index in [0.29, 0.717) is 42.7 Å². The summed E-state index contributed by atoms with van der Waals surface area (Å²) in [7, 11) is 0. The van der Waals surface area contributed by atoms with Gasteiger partial charge >= 0.3 is 5.97 Å². The molecule has 9 heteroatoms. The Hall–Kier alpha value is -2.42. The minimum absolute atomic E-state index is 0.0380. The third-order valence-electron chi connectivity index (χ3n) is 5.97. The van der Waals surface area contributed by atoms with Crippen molar-refractivity contribution in [3.63, 3.8) is 0 Å². The molecular formula is C24H28ClN3O4S. The number of carbonyl (C=O) groups is 3. The summed E-state index contributed by atoms with van der Waals surface area (Å²) in [5.74, 6) is -0.184. The molecule has 0 bridgehead atoms. The molecule has 2 aliphatic rings. The smallest absolute Gasteiger partial charge is 0.328 e. The zero-order valence-electron chi connectivity index (χ0n) is 18.8. The first kappa shape index (κ1) is 23.7. The van der Waals surface area contributed by atoms with Crippen molar-refractivity contribution in [2.45, 2.75) is 32.7 Å². The average molecular weight is 490 g/mol. The predicted molar refractivity (Wildman–Crippen MR) is 129 cm³/mol. The Morgan fingerprint density at radius 1 is 1.15 bits per heavy atom. The van der Waals surface area contributed by atoms with E-state index < -0.39 is 6.04 Å². The van der Waals surface area contributed by atoms with E-state index in [1.165, 1.54) is 11.3 Å². The second kappa shape index (κ2) is 10.2. The molecule has 1 aliphatic heterocycles. The van der Waals surface area contributed by atoms with Crippen molar-refractivity contribution in [1.82, 2.24) is 9.80 Å². The van der Waals surface area contributed by atoms with Crippen LogP contribution in [0.5, 0.6) is 0 Å². The highest BCUT2D eigenvalue weighted by molar-refractivity contribution is 7.18. The van der Waals surface area contributed by atoms with Gasteiger partial charge in [0.15, 0.2) is 0 Å². The molecule has 1 atom stereocenters. The van der Waals surface area contributed by atoms with Crippen LogP contribution in [0.4, 0.5) is 5.00 Å². The minimum atomic E-state index is -0.535. The molecule has 7 nitrogen and oxygen atoms in total. The van der Waals surface area contributed by atoms with E-state index in [4.69, 9.17) is 16.3 Å². The Balaban J connectivity index is 1.42. The molecule has 2 fully saturated rings. The number of anilines is 1. The predicted octanol–water partition coefficient (Wildman–Crippen LogP) is 4.12. The van der Waals surface area contributed by atoms with Gasteiger partial charge in [-0.2, -0.15) is 0 Å². The number of benzene rings is 1. The normalized spacial score (nSPS) is 17.5. The van der Waals surface area contributed by atoms with Crippen molar-refractivity contribution in [3.8, 4) is 0 Å². The van der Waals surface area contributed by atoms with Gasteiger partial charge in [-0.25, -0.2) is 4.79 Å². The molecule has 1 aliphatic carbocycles. The highest BCUT2D eigenvalue weighted by atomic mass is 35.5. The van der Waals surface area contributed by atoms with Gasteiger partial charge in [0.2, 0.25) is 5.91 Å². The van der Waals surface area contributed by atoms with Crippen molar-refractivity contribution in [1.29, 1.82) is 0 Å². The molecule has 0 radical (unpaired) electrons. The van der Waals surface area contributed by atoms with Crippen LogP contribution in [0.2, 0.25) is 5.02 Å². The zero-order valence-corrected chi connectivity index (χ0v) is 20.4. The van der Waals surface area contributed by atoms with Gasteiger partial charge in [-0.3, -0.25) is 14.5 Å². The van der Waals surface area contributed by atoms with Gasteiger partial charge in [-0.05, 0) is 56.0 Å². The summed E-state index contributed by atoms with van der Waals surface area (Å²) in [5.41, 5.74) is 1.69. The first-order valence-electron chi connectivity index (χ1n) is 11.2. The number of aryl methyl sites for hydroxylation is 1. The Morgan fingerprint density at radius 3 is 2.42 bits per heavy atom. The van der Waals surface area contributed by atoms with E-state index in [9.17, 15) is 14.4 Å². The van der Waals surface area contributed by atoms with Gasteiger partial charge in [-0.1, -0.05) is 23.7 Å². The van der Waals surface area contributed by atoms with Gasteiger partial charge in [0.25, 0.3) is 5.91 Å². The summed E-state index contributed by atoms with van der Waals surface area (Å²) >= 11 is 7.35. The summed E-state index contributed by atoms with van der Waals surface area (Å²) in [6, 6.07) is 8.55. The molecular weight excluding hydrogens is 462 g/mol. The van der Waals surface area contributed by atoms with E-state index in [0.717, 1.165) is 29.0 Å². The van der Waals surface area contributed by atoms with Gasteiger partial charge in [0.1, 0.15) is 6.04 Å². The van der Waals surface area contributed by atoms with E-state index in [-0.39, 0.29) is 23.7 Å². The lowest BCUT2D eigenvalue weighted by Crippen LogP contribution is -2.51. The molecule has 2 heterocycles. The summed E-state index contributed by atoms with van der Waals surface area (Å²) in [6.45, 7) is 6.09. The molecule has 4 rings (SSSR count). The second-order valence-corrected chi connectivity index (χ2v) is 9.91. The van der Waals surface area contributed by atoms with E-state index in [2.05, 4.69) is 5.32 Å². The maximum Gasteiger partial charge on any atom is 0.328 e. The number of hydrogen-bond donors (Lipinski definition) is 1. The quantitative estimate of drug-likeness (QED) is 0.592. The van der Waals surface area contributed by atoms with Crippen LogP contribution in [-0.4, -0.2) is 60.4 Å². The number of piperazine rings is 1. The largest absolute Gasteiger partial charge is 0.465 e. The van der Waals surface area contributed by atoms with E-state index in [1.54, 1.807) is 19.1 Å². The van der Waals surface area contributed by atoms with Gasteiger partial charge in [-0.15, -0.1) is 11.3 Å². The van der Waals surface area contributed by atoms with Crippen LogP contribution in [0.15, 0.2) is 30.3 Å². The molecule has 33 heavy (non-hydrogen) atoms. The second-order valence-electron chi connectivity index (χ2n) is 8.42. The number of nitrogens with zero attached hydrogens (tertiary/aromatic N) is 2. The maximum absolute atomic E-state index is 13.2. The van der Waals surface area contributed by atoms with Crippen molar-refractivity contribution >= 4 is 45.7 Å². The molecule has 0 spiro atoms. The van der Waals surface area contributed by atoms with E-state index in [1.807, 2.05) is 34.9 Å². The van der Waals surface area contributed by atoms with Crippen LogP contribution in [0.25, 0.3) is 0 Å². The summed E-state index contributed by atoms with van der Waals surface area (Å²) < 4.78 is 5.33. The topological polar surface area (TPSA) is 79.0 Å². The van der Waals surface area contributed by atoms with E-state index >= 15 is 0 Å². The number of amides is 2. The fourth-order valence-electron chi connectivity index (χ4n) is 4.01. The number of halogens is 1. The Bertz CT molecular complexity index is 1030. The molecule has 1 N–H and O–H groups in total. The highest BCUT2D eigenvalue weighted by Gasteiger charge is 2.34. The van der Waals surface area contributed by atoms with Crippen LogP contribution >= 0.6 is 22.9 Å². The lowest BCUT2D eigenvalue weighted by molar-refractivity contribution is -0.150. The number of nitrogens with one attached hydrogen (secondary N) is 1. The standard InChI is InChI=1S/C24H28ClN3O4S/c1-3-32-24(31)20(16-6-8-18(25)9-7-16)27-10-12-28(13-11-27)23(30)21-15(2)14-19(33-21)26-22(29)17-4-5-17/h6-9,14,17,20H,3-5,10-13H2,1-2H3,(H,26,29). The molecule has 1 saturated carbocycles. The van der Waals surface area contributed by atoms with Crippen LogP contribution < -0.4 is 5.32 Å². The number of thiophene rings is 1. The van der Waals surface area contributed by atoms with Crippen LogP contribution in [0, 0.1) is 12.8 Å². The monoisotopic (exact) mass is 489 g/mol.